The molecule has 4 nitrogen and oxygen atoms in total. The van der Waals surface area contributed by atoms with Gasteiger partial charge < -0.3 is 15.4 Å². The molecular formula is C15H22N2O2. The van der Waals surface area contributed by atoms with Gasteiger partial charge in [0.1, 0.15) is 5.75 Å². The van der Waals surface area contributed by atoms with Crippen molar-refractivity contribution >= 4 is 11.6 Å². The van der Waals surface area contributed by atoms with Crippen LogP contribution in [-0.2, 0) is 4.79 Å². The number of nitrogens with two attached hydrogens (primary N) is 1. The number of rotatable bonds is 4. The van der Waals surface area contributed by atoms with Crippen LogP contribution in [0.2, 0.25) is 0 Å². The summed E-state index contributed by atoms with van der Waals surface area (Å²) in [4.78, 5) is 14.4. The Labute approximate surface area is 114 Å². The summed E-state index contributed by atoms with van der Waals surface area (Å²) < 4.78 is 5.68. The molecule has 2 N–H and O–H groups in total. The van der Waals surface area contributed by atoms with Gasteiger partial charge in [-0.25, -0.2) is 0 Å². The third-order valence-corrected chi connectivity index (χ3v) is 3.47. The Morgan fingerprint density at radius 2 is 2.26 bits per heavy atom. The van der Waals surface area contributed by atoms with Crippen LogP contribution in [0.25, 0.3) is 0 Å². The second kappa shape index (κ2) is 6.57. The van der Waals surface area contributed by atoms with Gasteiger partial charge in [0.15, 0.2) is 0 Å². The standard InChI is InChI=1S/C15H22N2O2/c1-12(6-4-9-16)15(18)17-10-5-11-19-14-8-3-2-7-13(14)17/h2-3,7-8,12H,4-6,9-11,16H2,1H3. The highest BCUT2D eigenvalue weighted by molar-refractivity contribution is 5.96. The maximum absolute atomic E-state index is 12.5. The van der Waals surface area contributed by atoms with E-state index in [9.17, 15) is 4.79 Å². The molecule has 0 bridgehead atoms. The smallest absolute Gasteiger partial charge is 0.229 e. The van der Waals surface area contributed by atoms with Crippen molar-refractivity contribution < 1.29 is 9.53 Å². The molecule has 0 saturated heterocycles. The molecule has 1 aliphatic heterocycles. The molecule has 1 atom stereocenters. The van der Waals surface area contributed by atoms with Crippen LogP contribution in [0.5, 0.6) is 5.75 Å². The zero-order valence-corrected chi connectivity index (χ0v) is 11.5. The van der Waals surface area contributed by atoms with Crippen LogP contribution in [0.1, 0.15) is 26.2 Å². The molecule has 1 aliphatic rings. The second-order valence-corrected chi connectivity index (χ2v) is 4.99. The molecule has 0 aromatic heterocycles. The Hall–Kier alpha value is -1.55. The van der Waals surface area contributed by atoms with Gasteiger partial charge >= 0.3 is 0 Å². The maximum atomic E-state index is 12.5. The maximum Gasteiger partial charge on any atom is 0.229 e. The number of nitrogens with zero attached hydrogens (tertiary/aromatic N) is 1. The van der Waals surface area contributed by atoms with Gasteiger partial charge in [0.25, 0.3) is 0 Å². The molecule has 1 unspecified atom stereocenters. The van der Waals surface area contributed by atoms with E-state index in [4.69, 9.17) is 10.5 Å². The zero-order chi connectivity index (χ0) is 13.7. The van der Waals surface area contributed by atoms with Gasteiger partial charge in [-0.05, 0) is 37.9 Å². The molecule has 2 rings (SSSR count). The van der Waals surface area contributed by atoms with Crippen molar-refractivity contribution in [1.29, 1.82) is 0 Å². The SMILES string of the molecule is CC(CCCN)C(=O)N1CCCOc2ccccc21. The van der Waals surface area contributed by atoms with Gasteiger partial charge in [0.2, 0.25) is 5.91 Å². The minimum atomic E-state index is 0.00899. The highest BCUT2D eigenvalue weighted by Crippen LogP contribution is 2.31. The Morgan fingerprint density at radius 1 is 1.47 bits per heavy atom. The number of carbonyl (C=O) groups excluding carboxylic acids is 1. The molecule has 1 heterocycles. The minimum absolute atomic E-state index is 0.00899. The van der Waals surface area contributed by atoms with E-state index in [2.05, 4.69) is 0 Å². The first-order valence-corrected chi connectivity index (χ1v) is 6.97. The third kappa shape index (κ3) is 3.26. The van der Waals surface area contributed by atoms with Gasteiger partial charge in [-0.1, -0.05) is 19.1 Å². The number of hydrogen-bond donors (Lipinski definition) is 1. The van der Waals surface area contributed by atoms with Gasteiger partial charge in [0, 0.05) is 12.5 Å². The van der Waals surface area contributed by atoms with Crippen molar-refractivity contribution in [3.63, 3.8) is 0 Å². The molecule has 0 radical (unpaired) electrons. The van der Waals surface area contributed by atoms with Crippen molar-refractivity contribution in [2.24, 2.45) is 11.7 Å². The molecule has 0 spiro atoms. The summed E-state index contributed by atoms with van der Waals surface area (Å²) in [6.07, 6.45) is 2.60. The fraction of sp³-hybridized carbons (Fsp3) is 0.533. The monoisotopic (exact) mass is 262 g/mol. The average molecular weight is 262 g/mol. The molecule has 0 aliphatic carbocycles. The fourth-order valence-electron chi connectivity index (χ4n) is 2.37. The number of fused-ring (bicyclic) bond motifs is 1. The summed E-state index contributed by atoms with van der Waals surface area (Å²) in [7, 11) is 0. The summed E-state index contributed by atoms with van der Waals surface area (Å²) in [5.41, 5.74) is 6.41. The summed E-state index contributed by atoms with van der Waals surface area (Å²) in [5, 5.41) is 0. The molecule has 1 aromatic carbocycles. The van der Waals surface area contributed by atoms with E-state index in [1.807, 2.05) is 36.1 Å². The van der Waals surface area contributed by atoms with Crippen molar-refractivity contribution in [2.75, 3.05) is 24.6 Å². The van der Waals surface area contributed by atoms with Gasteiger partial charge in [-0.15, -0.1) is 0 Å². The van der Waals surface area contributed by atoms with Crippen LogP contribution in [0.3, 0.4) is 0 Å². The van der Waals surface area contributed by atoms with E-state index in [1.165, 1.54) is 0 Å². The first-order valence-electron chi connectivity index (χ1n) is 6.97. The molecule has 4 heteroatoms. The quantitative estimate of drug-likeness (QED) is 0.904. The van der Waals surface area contributed by atoms with E-state index in [1.54, 1.807) is 0 Å². The summed E-state index contributed by atoms with van der Waals surface area (Å²) in [5.74, 6) is 0.987. The lowest BCUT2D eigenvalue weighted by Crippen LogP contribution is -2.35. The highest BCUT2D eigenvalue weighted by atomic mass is 16.5. The molecular weight excluding hydrogens is 240 g/mol. The van der Waals surface area contributed by atoms with Crippen LogP contribution >= 0.6 is 0 Å². The molecule has 0 saturated carbocycles. The Kier molecular flexibility index (Phi) is 4.80. The number of anilines is 1. The predicted octanol–water partition coefficient (Wildman–Crippen LogP) is 2.18. The third-order valence-electron chi connectivity index (χ3n) is 3.47. The van der Waals surface area contributed by atoms with Gasteiger partial charge in [-0.3, -0.25) is 4.79 Å². The Balaban J connectivity index is 2.17. The topological polar surface area (TPSA) is 55.6 Å². The van der Waals surface area contributed by atoms with Crippen molar-refractivity contribution in [3.8, 4) is 5.75 Å². The number of benzene rings is 1. The number of ether oxygens (including phenoxy) is 1. The normalized spacial score (nSPS) is 16.2. The number of amides is 1. The summed E-state index contributed by atoms with van der Waals surface area (Å²) >= 11 is 0. The predicted molar refractivity (Wildman–Crippen MR) is 76.4 cm³/mol. The molecule has 19 heavy (non-hydrogen) atoms. The molecule has 1 amide bonds. The Bertz CT molecular complexity index is 434. The second-order valence-electron chi connectivity index (χ2n) is 4.99. The fourth-order valence-corrected chi connectivity index (χ4v) is 2.37. The Morgan fingerprint density at radius 3 is 3.05 bits per heavy atom. The van der Waals surface area contributed by atoms with Crippen molar-refractivity contribution in [3.05, 3.63) is 24.3 Å². The van der Waals surface area contributed by atoms with E-state index in [0.29, 0.717) is 13.2 Å². The van der Waals surface area contributed by atoms with E-state index < -0.39 is 0 Å². The van der Waals surface area contributed by atoms with E-state index in [0.717, 1.165) is 37.2 Å². The first kappa shape index (κ1) is 13.9. The molecule has 0 fully saturated rings. The lowest BCUT2D eigenvalue weighted by atomic mass is 10.0. The largest absolute Gasteiger partial charge is 0.491 e. The van der Waals surface area contributed by atoms with Crippen molar-refractivity contribution in [2.45, 2.75) is 26.2 Å². The summed E-state index contributed by atoms with van der Waals surface area (Å²) in [6, 6.07) is 7.75. The lowest BCUT2D eigenvalue weighted by molar-refractivity contribution is -0.122. The number of carbonyl (C=O) groups is 1. The highest BCUT2D eigenvalue weighted by Gasteiger charge is 2.25. The van der Waals surface area contributed by atoms with Crippen LogP contribution in [0.15, 0.2) is 24.3 Å². The van der Waals surface area contributed by atoms with Gasteiger partial charge in [0.05, 0.1) is 12.3 Å². The lowest BCUT2D eigenvalue weighted by Gasteiger charge is -2.25. The van der Waals surface area contributed by atoms with E-state index >= 15 is 0 Å². The van der Waals surface area contributed by atoms with Crippen LogP contribution in [0.4, 0.5) is 5.69 Å². The molecule has 104 valence electrons. The zero-order valence-electron chi connectivity index (χ0n) is 11.5. The minimum Gasteiger partial charge on any atom is -0.491 e. The number of para-hydroxylation sites is 2. The van der Waals surface area contributed by atoms with Gasteiger partial charge in [-0.2, -0.15) is 0 Å². The van der Waals surface area contributed by atoms with Crippen LogP contribution in [0, 0.1) is 5.92 Å². The average Bonchev–Trinajstić information content (AvgIpc) is 2.66. The molecule has 1 aromatic rings. The number of hydrogen-bond acceptors (Lipinski definition) is 3. The van der Waals surface area contributed by atoms with Crippen molar-refractivity contribution in [1.82, 2.24) is 0 Å². The first-order chi connectivity index (χ1) is 9.24. The summed E-state index contributed by atoms with van der Waals surface area (Å²) in [6.45, 7) is 4.00. The van der Waals surface area contributed by atoms with E-state index in [-0.39, 0.29) is 11.8 Å². The van der Waals surface area contributed by atoms with Crippen LogP contribution < -0.4 is 15.4 Å². The van der Waals surface area contributed by atoms with Crippen LogP contribution in [-0.4, -0.2) is 25.6 Å².